The fraction of sp³-hybridized carbons (Fsp3) is 0.833. The molecular weight excluding hydrogens is 224 g/mol. The summed E-state index contributed by atoms with van der Waals surface area (Å²) in [5.74, 6) is 0.498. The normalized spacial score (nSPS) is 21.9. The summed E-state index contributed by atoms with van der Waals surface area (Å²) in [4.78, 5) is 22.7. The van der Waals surface area contributed by atoms with Gasteiger partial charge in [-0.2, -0.15) is 0 Å². The Morgan fingerprint density at radius 2 is 2.19 bits per heavy atom. The summed E-state index contributed by atoms with van der Waals surface area (Å²) in [6, 6.07) is 0. The van der Waals surface area contributed by atoms with Crippen molar-refractivity contribution in [1.29, 1.82) is 0 Å². The van der Waals surface area contributed by atoms with Crippen LogP contribution in [-0.4, -0.2) is 28.4 Å². The fourth-order valence-corrected chi connectivity index (χ4v) is 2.75. The number of hydrogen-bond acceptors (Lipinski definition) is 4. The fourth-order valence-electron chi connectivity index (χ4n) is 1.68. The first-order valence-corrected chi connectivity index (χ1v) is 6.77. The van der Waals surface area contributed by atoms with Gasteiger partial charge in [0.2, 0.25) is 0 Å². The molecule has 1 rings (SSSR count). The predicted octanol–water partition coefficient (Wildman–Crippen LogP) is 2.57. The second-order valence-electron chi connectivity index (χ2n) is 5.15. The van der Waals surface area contributed by atoms with E-state index in [4.69, 9.17) is 4.74 Å². The Labute approximate surface area is 101 Å². The van der Waals surface area contributed by atoms with E-state index in [-0.39, 0.29) is 5.97 Å². The zero-order chi connectivity index (χ0) is 12.2. The molecule has 1 fully saturated rings. The second-order valence-corrected chi connectivity index (χ2v) is 6.44. The zero-order valence-electron chi connectivity index (χ0n) is 10.2. The minimum absolute atomic E-state index is 0.185. The van der Waals surface area contributed by atoms with Crippen molar-refractivity contribution in [2.24, 2.45) is 0 Å². The Morgan fingerprint density at radius 1 is 1.50 bits per heavy atom. The van der Waals surface area contributed by atoms with Gasteiger partial charge in [0.1, 0.15) is 11.4 Å². The largest absolute Gasteiger partial charge is 0.459 e. The van der Waals surface area contributed by atoms with E-state index in [1.165, 1.54) is 0 Å². The second kappa shape index (κ2) is 5.71. The molecule has 92 valence electrons. The third kappa shape index (κ3) is 5.54. The van der Waals surface area contributed by atoms with E-state index in [1.807, 2.05) is 20.8 Å². The van der Waals surface area contributed by atoms with Gasteiger partial charge in [-0.25, -0.2) is 0 Å². The van der Waals surface area contributed by atoms with Crippen molar-refractivity contribution in [3.05, 3.63) is 0 Å². The van der Waals surface area contributed by atoms with Gasteiger partial charge in [-0.05, 0) is 33.6 Å². The van der Waals surface area contributed by atoms with Gasteiger partial charge in [-0.3, -0.25) is 9.59 Å². The van der Waals surface area contributed by atoms with Gasteiger partial charge in [-0.15, -0.1) is 11.8 Å². The van der Waals surface area contributed by atoms with E-state index in [1.54, 1.807) is 11.8 Å². The summed E-state index contributed by atoms with van der Waals surface area (Å²) in [5, 5.41) is 0.314. The average molecular weight is 244 g/mol. The van der Waals surface area contributed by atoms with Crippen LogP contribution in [0.15, 0.2) is 0 Å². The lowest BCUT2D eigenvalue weighted by Gasteiger charge is -2.22. The first kappa shape index (κ1) is 13.6. The SMILES string of the molecule is CC(C)(C)OC(=O)CSC1CCCC(=O)C1. The lowest BCUT2D eigenvalue weighted by atomic mass is 9.99. The van der Waals surface area contributed by atoms with Gasteiger partial charge in [-0.1, -0.05) is 0 Å². The van der Waals surface area contributed by atoms with Crippen molar-refractivity contribution in [2.75, 3.05) is 5.75 Å². The molecule has 4 heteroatoms. The minimum atomic E-state index is -0.417. The Morgan fingerprint density at radius 3 is 2.75 bits per heavy atom. The summed E-state index contributed by atoms with van der Waals surface area (Å²) < 4.78 is 5.21. The molecule has 1 atom stereocenters. The number of Topliss-reactive ketones (excluding diaryl/α,β-unsaturated/α-hetero) is 1. The van der Waals surface area contributed by atoms with Gasteiger partial charge in [0.25, 0.3) is 0 Å². The van der Waals surface area contributed by atoms with Crippen LogP contribution in [0.4, 0.5) is 0 Å². The van der Waals surface area contributed by atoms with Crippen LogP contribution >= 0.6 is 11.8 Å². The first-order chi connectivity index (χ1) is 7.37. The molecule has 0 heterocycles. The first-order valence-electron chi connectivity index (χ1n) is 5.72. The Kier molecular flexibility index (Phi) is 4.84. The van der Waals surface area contributed by atoms with Gasteiger partial charge >= 0.3 is 5.97 Å². The molecule has 0 radical (unpaired) electrons. The maximum Gasteiger partial charge on any atom is 0.316 e. The van der Waals surface area contributed by atoms with Crippen molar-refractivity contribution in [2.45, 2.75) is 57.3 Å². The van der Waals surface area contributed by atoms with E-state index in [9.17, 15) is 9.59 Å². The van der Waals surface area contributed by atoms with E-state index in [0.29, 0.717) is 29.6 Å². The molecule has 3 nitrogen and oxygen atoms in total. The number of carbonyl (C=O) groups is 2. The molecule has 1 unspecified atom stereocenters. The van der Waals surface area contributed by atoms with Gasteiger partial charge in [0.15, 0.2) is 0 Å². The molecule has 0 aromatic rings. The third-order valence-corrected chi connectivity index (χ3v) is 3.57. The minimum Gasteiger partial charge on any atom is -0.459 e. The highest BCUT2D eigenvalue weighted by molar-refractivity contribution is 8.00. The summed E-state index contributed by atoms with van der Waals surface area (Å²) in [6.07, 6.45) is 3.33. The highest BCUT2D eigenvalue weighted by Crippen LogP contribution is 2.26. The Hall–Kier alpha value is -0.510. The molecule has 1 aliphatic rings. The maximum absolute atomic E-state index is 11.5. The van der Waals surface area contributed by atoms with Crippen LogP contribution in [0.2, 0.25) is 0 Å². The molecule has 0 N–H and O–H groups in total. The van der Waals surface area contributed by atoms with Crippen LogP contribution in [0.25, 0.3) is 0 Å². The monoisotopic (exact) mass is 244 g/mol. The van der Waals surface area contributed by atoms with Crippen LogP contribution in [0.5, 0.6) is 0 Å². The molecule has 0 saturated heterocycles. The number of ketones is 1. The van der Waals surface area contributed by atoms with Crippen molar-refractivity contribution in [3.63, 3.8) is 0 Å². The third-order valence-electron chi connectivity index (χ3n) is 2.29. The average Bonchev–Trinajstić information content (AvgIpc) is 2.12. The molecule has 1 aliphatic carbocycles. The summed E-state index contributed by atoms with van der Waals surface area (Å²) >= 11 is 1.55. The lowest BCUT2D eigenvalue weighted by molar-refractivity contribution is -0.151. The number of carbonyl (C=O) groups excluding carboxylic acids is 2. The molecule has 1 saturated carbocycles. The Balaban J connectivity index is 2.23. The van der Waals surface area contributed by atoms with E-state index < -0.39 is 5.60 Å². The standard InChI is InChI=1S/C12H20O3S/c1-12(2,3)15-11(14)8-16-10-6-4-5-9(13)7-10/h10H,4-8H2,1-3H3. The smallest absolute Gasteiger partial charge is 0.316 e. The van der Waals surface area contributed by atoms with Crippen molar-refractivity contribution >= 4 is 23.5 Å². The molecule has 0 spiro atoms. The molecule has 0 aromatic heterocycles. The Bertz CT molecular complexity index is 268. The van der Waals surface area contributed by atoms with E-state index in [2.05, 4.69) is 0 Å². The molecular formula is C12H20O3S. The number of hydrogen-bond donors (Lipinski definition) is 0. The zero-order valence-corrected chi connectivity index (χ0v) is 11.1. The van der Waals surface area contributed by atoms with Crippen LogP contribution in [0.1, 0.15) is 46.5 Å². The maximum atomic E-state index is 11.5. The van der Waals surface area contributed by atoms with Crippen LogP contribution in [0.3, 0.4) is 0 Å². The van der Waals surface area contributed by atoms with E-state index in [0.717, 1.165) is 12.8 Å². The molecule has 0 amide bonds. The summed E-state index contributed by atoms with van der Waals surface area (Å²) in [5.41, 5.74) is -0.417. The van der Waals surface area contributed by atoms with Gasteiger partial charge in [0, 0.05) is 18.1 Å². The number of ether oxygens (including phenoxy) is 1. The summed E-state index contributed by atoms with van der Waals surface area (Å²) in [7, 11) is 0. The van der Waals surface area contributed by atoms with Crippen LogP contribution in [-0.2, 0) is 14.3 Å². The highest BCUT2D eigenvalue weighted by atomic mass is 32.2. The highest BCUT2D eigenvalue weighted by Gasteiger charge is 2.22. The van der Waals surface area contributed by atoms with Crippen LogP contribution < -0.4 is 0 Å². The molecule has 16 heavy (non-hydrogen) atoms. The van der Waals surface area contributed by atoms with E-state index >= 15 is 0 Å². The van der Waals surface area contributed by atoms with Crippen molar-refractivity contribution < 1.29 is 14.3 Å². The molecule has 0 aromatic carbocycles. The number of esters is 1. The summed E-state index contributed by atoms with van der Waals surface area (Å²) in [6.45, 7) is 5.58. The quantitative estimate of drug-likeness (QED) is 0.716. The lowest BCUT2D eigenvalue weighted by Crippen LogP contribution is -2.26. The molecule has 0 aliphatic heterocycles. The topological polar surface area (TPSA) is 43.4 Å². The predicted molar refractivity (Wildman–Crippen MR) is 65.6 cm³/mol. The van der Waals surface area contributed by atoms with Crippen molar-refractivity contribution in [1.82, 2.24) is 0 Å². The van der Waals surface area contributed by atoms with Crippen molar-refractivity contribution in [3.8, 4) is 0 Å². The van der Waals surface area contributed by atoms with Gasteiger partial charge in [0.05, 0.1) is 5.75 Å². The number of rotatable bonds is 3. The van der Waals surface area contributed by atoms with Gasteiger partial charge < -0.3 is 4.74 Å². The number of thioether (sulfide) groups is 1. The van der Waals surface area contributed by atoms with Crippen LogP contribution in [0, 0.1) is 0 Å². The molecule has 0 bridgehead atoms.